The van der Waals surface area contributed by atoms with Gasteiger partial charge in [0.1, 0.15) is 11.6 Å². The zero-order valence-electron chi connectivity index (χ0n) is 14.2. The first-order valence-electron chi connectivity index (χ1n) is 9.16. The van der Waals surface area contributed by atoms with Crippen LogP contribution in [0, 0.1) is 34.5 Å². The highest BCUT2D eigenvalue weighted by Gasteiger charge is 2.61. The Hall–Kier alpha value is -1.19. The molecule has 0 aliphatic heterocycles. The second kappa shape index (κ2) is 4.90. The Labute approximate surface area is 137 Å². The lowest BCUT2D eigenvalue weighted by Gasteiger charge is -2.59. The van der Waals surface area contributed by atoms with E-state index in [2.05, 4.69) is 19.0 Å². The molecule has 0 aromatic rings. The first-order chi connectivity index (χ1) is 10.9. The predicted molar refractivity (Wildman–Crippen MR) is 86.3 cm³/mol. The van der Waals surface area contributed by atoms with Gasteiger partial charge in [0, 0.05) is 30.6 Å². The summed E-state index contributed by atoms with van der Waals surface area (Å²) in [5.41, 5.74) is 0.728. The highest BCUT2D eigenvalue weighted by molar-refractivity contribution is 5.94. The summed E-state index contributed by atoms with van der Waals surface area (Å²) in [5.74, 6) is 2.30. The molecule has 0 heterocycles. The van der Waals surface area contributed by atoms with Crippen LogP contribution in [-0.2, 0) is 9.59 Å². The van der Waals surface area contributed by atoms with E-state index in [1.54, 1.807) is 0 Å². The lowest BCUT2D eigenvalue weighted by molar-refractivity contribution is -0.136. The Kier molecular flexibility index (Phi) is 3.27. The van der Waals surface area contributed by atoms with E-state index in [0.29, 0.717) is 48.6 Å². The first kappa shape index (κ1) is 15.3. The summed E-state index contributed by atoms with van der Waals surface area (Å²) in [7, 11) is 0. The molecule has 4 nitrogen and oxygen atoms in total. The minimum atomic E-state index is -0.157. The number of hydrogen-bond acceptors (Lipinski definition) is 4. The maximum atomic E-state index is 12.4. The highest BCUT2D eigenvalue weighted by Crippen LogP contribution is 2.64. The number of nitrogens with zero attached hydrogens (tertiary/aromatic N) is 1. The summed E-state index contributed by atoms with van der Waals surface area (Å²) in [4.78, 5) is 24.4. The monoisotopic (exact) mass is 317 g/mol. The zero-order chi connectivity index (χ0) is 16.4. The molecule has 6 atom stereocenters. The molecule has 4 rings (SSSR count). The van der Waals surface area contributed by atoms with Gasteiger partial charge in [-0.1, -0.05) is 19.0 Å². The number of oxime groups is 1. The van der Waals surface area contributed by atoms with E-state index in [0.717, 1.165) is 37.8 Å². The number of rotatable bonds is 0. The minimum Gasteiger partial charge on any atom is -0.411 e. The SMILES string of the molecule is C[C@]12CCC(=O)C[C@@H]1C(=NO)C[C@@H]1[C@@H]2CC[C@]2(C)C(=O)CC[C@@H]12. The zero-order valence-corrected chi connectivity index (χ0v) is 14.2. The van der Waals surface area contributed by atoms with Gasteiger partial charge < -0.3 is 5.21 Å². The molecule has 4 fully saturated rings. The molecule has 0 aromatic heterocycles. The summed E-state index contributed by atoms with van der Waals surface area (Å²) in [6.45, 7) is 4.48. The molecule has 4 heteroatoms. The summed E-state index contributed by atoms with van der Waals surface area (Å²) in [6.07, 6.45) is 6.69. The Bertz CT molecular complexity index is 597. The van der Waals surface area contributed by atoms with Crippen molar-refractivity contribution in [2.75, 3.05) is 0 Å². The molecule has 4 aliphatic carbocycles. The van der Waals surface area contributed by atoms with Crippen molar-refractivity contribution in [3.05, 3.63) is 0 Å². The maximum absolute atomic E-state index is 12.4. The van der Waals surface area contributed by atoms with Crippen LogP contribution in [0.25, 0.3) is 0 Å². The summed E-state index contributed by atoms with van der Waals surface area (Å²) in [5, 5.41) is 13.2. The van der Waals surface area contributed by atoms with Gasteiger partial charge in [0.15, 0.2) is 0 Å². The van der Waals surface area contributed by atoms with Crippen LogP contribution < -0.4 is 0 Å². The van der Waals surface area contributed by atoms with Crippen LogP contribution >= 0.6 is 0 Å². The molecule has 4 saturated carbocycles. The Morgan fingerprint density at radius 2 is 1.83 bits per heavy atom. The number of carbonyl (C=O) groups is 2. The molecule has 0 radical (unpaired) electrons. The number of ketones is 2. The van der Waals surface area contributed by atoms with E-state index >= 15 is 0 Å². The fraction of sp³-hybridized carbons (Fsp3) is 0.842. The summed E-state index contributed by atoms with van der Waals surface area (Å²) in [6, 6.07) is 0. The smallest absolute Gasteiger partial charge is 0.139 e. The molecule has 0 aromatic carbocycles. The third-order valence-electron chi connectivity index (χ3n) is 8.14. The fourth-order valence-electron chi connectivity index (χ4n) is 6.74. The number of fused-ring (bicyclic) bond motifs is 5. The molecule has 0 saturated heterocycles. The normalized spacial score (nSPS) is 51.3. The van der Waals surface area contributed by atoms with Crippen molar-refractivity contribution in [2.45, 2.75) is 65.2 Å². The predicted octanol–water partition coefficient (Wildman–Crippen LogP) is 3.61. The molecule has 0 bridgehead atoms. The molecule has 126 valence electrons. The molecule has 4 aliphatic rings. The number of hydrogen-bond donors (Lipinski definition) is 1. The van der Waals surface area contributed by atoms with Crippen molar-refractivity contribution in [3.63, 3.8) is 0 Å². The van der Waals surface area contributed by atoms with Gasteiger partial charge in [0.25, 0.3) is 0 Å². The third-order valence-corrected chi connectivity index (χ3v) is 8.14. The molecule has 0 spiro atoms. The lowest BCUT2D eigenvalue weighted by atomic mass is 9.45. The van der Waals surface area contributed by atoms with Crippen LogP contribution in [0.3, 0.4) is 0 Å². The lowest BCUT2D eigenvalue weighted by Crippen LogP contribution is -2.56. The van der Waals surface area contributed by atoms with Gasteiger partial charge in [-0.05, 0) is 55.3 Å². The van der Waals surface area contributed by atoms with Crippen molar-refractivity contribution in [1.29, 1.82) is 0 Å². The number of carbonyl (C=O) groups excluding carboxylic acids is 2. The molecule has 0 unspecified atom stereocenters. The van der Waals surface area contributed by atoms with Gasteiger partial charge in [-0.3, -0.25) is 9.59 Å². The Balaban J connectivity index is 1.73. The molecule has 23 heavy (non-hydrogen) atoms. The second-order valence-electron chi connectivity index (χ2n) is 8.89. The first-order valence-corrected chi connectivity index (χ1v) is 9.16. The Morgan fingerprint density at radius 3 is 2.57 bits per heavy atom. The van der Waals surface area contributed by atoms with E-state index in [1.165, 1.54) is 0 Å². The van der Waals surface area contributed by atoms with Crippen LogP contribution in [0.1, 0.15) is 65.2 Å². The van der Waals surface area contributed by atoms with E-state index in [9.17, 15) is 14.8 Å². The van der Waals surface area contributed by atoms with Crippen LogP contribution in [0.15, 0.2) is 5.16 Å². The Morgan fingerprint density at radius 1 is 1.04 bits per heavy atom. The number of Topliss-reactive ketones (excluding diaryl/α,β-unsaturated/α-hetero) is 2. The van der Waals surface area contributed by atoms with Gasteiger partial charge in [-0.15, -0.1) is 0 Å². The van der Waals surface area contributed by atoms with Crippen molar-refractivity contribution in [2.24, 2.45) is 39.7 Å². The standard InChI is InChI=1S/C19H27NO3/c1-18-7-5-11(21)9-15(18)16(20-23)10-12-13-3-4-17(22)19(13,2)8-6-14(12)18/h12-15,23H,3-10H2,1-2H3/t12-,13-,14-,15+,18+,19-/m0/s1. The quantitative estimate of drug-likeness (QED) is 0.548. The van der Waals surface area contributed by atoms with Crippen molar-refractivity contribution in [1.82, 2.24) is 0 Å². The van der Waals surface area contributed by atoms with Crippen molar-refractivity contribution >= 4 is 17.3 Å². The average molecular weight is 317 g/mol. The topological polar surface area (TPSA) is 66.7 Å². The van der Waals surface area contributed by atoms with E-state index in [1.807, 2.05) is 0 Å². The third kappa shape index (κ3) is 1.93. The van der Waals surface area contributed by atoms with Gasteiger partial charge in [-0.25, -0.2) is 0 Å². The van der Waals surface area contributed by atoms with Crippen molar-refractivity contribution < 1.29 is 14.8 Å². The van der Waals surface area contributed by atoms with Gasteiger partial charge in [0.05, 0.1) is 5.71 Å². The molecule has 0 amide bonds. The van der Waals surface area contributed by atoms with Crippen LogP contribution in [0.4, 0.5) is 0 Å². The summed E-state index contributed by atoms with van der Waals surface area (Å²) < 4.78 is 0. The van der Waals surface area contributed by atoms with E-state index in [-0.39, 0.29) is 16.7 Å². The largest absolute Gasteiger partial charge is 0.411 e. The summed E-state index contributed by atoms with van der Waals surface area (Å²) >= 11 is 0. The maximum Gasteiger partial charge on any atom is 0.139 e. The van der Waals surface area contributed by atoms with Crippen molar-refractivity contribution in [3.8, 4) is 0 Å². The second-order valence-corrected chi connectivity index (χ2v) is 8.89. The van der Waals surface area contributed by atoms with E-state index in [4.69, 9.17) is 0 Å². The fourth-order valence-corrected chi connectivity index (χ4v) is 6.74. The van der Waals surface area contributed by atoms with E-state index < -0.39 is 0 Å². The van der Waals surface area contributed by atoms with Crippen LogP contribution in [0.2, 0.25) is 0 Å². The van der Waals surface area contributed by atoms with Gasteiger partial charge in [-0.2, -0.15) is 0 Å². The minimum absolute atomic E-state index is 0.0609. The highest BCUT2D eigenvalue weighted by atomic mass is 16.4. The average Bonchev–Trinajstić information content (AvgIpc) is 2.83. The molecule has 1 N–H and O–H groups in total. The van der Waals surface area contributed by atoms with Crippen LogP contribution in [-0.4, -0.2) is 22.5 Å². The van der Waals surface area contributed by atoms with Crippen LogP contribution in [0.5, 0.6) is 0 Å². The van der Waals surface area contributed by atoms with Gasteiger partial charge >= 0.3 is 0 Å². The molecular weight excluding hydrogens is 290 g/mol. The molecular formula is C19H27NO3. The van der Waals surface area contributed by atoms with Gasteiger partial charge in [0.2, 0.25) is 0 Å².